The van der Waals surface area contributed by atoms with Crippen LogP contribution < -0.4 is 0 Å². The van der Waals surface area contributed by atoms with Crippen molar-refractivity contribution in [3.8, 4) is 0 Å². The molecule has 1 aromatic carbocycles. The SMILES string of the molecule is O=C(O)C(CCC(F)(F)F)c1ccc(CBr)cc1. The average Bonchev–Trinajstić information content (AvgIpc) is 2.28. The Labute approximate surface area is 111 Å². The van der Waals surface area contributed by atoms with Gasteiger partial charge in [0.1, 0.15) is 0 Å². The number of carboxylic acids is 1. The van der Waals surface area contributed by atoms with E-state index in [2.05, 4.69) is 15.9 Å². The summed E-state index contributed by atoms with van der Waals surface area (Å²) in [5.41, 5.74) is 1.34. The topological polar surface area (TPSA) is 37.3 Å². The number of aliphatic carboxylic acids is 1. The molecule has 0 aliphatic heterocycles. The van der Waals surface area contributed by atoms with E-state index >= 15 is 0 Å². The first-order valence-corrected chi connectivity index (χ1v) is 6.40. The lowest BCUT2D eigenvalue weighted by Crippen LogP contribution is -2.16. The maximum atomic E-state index is 12.1. The van der Waals surface area contributed by atoms with Gasteiger partial charge in [-0.3, -0.25) is 4.79 Å². The molecule has 100 valence electrons. The van der Waals surface area contributed by atoms with Crippen LogP contribution in [-0.2, 0) is 10.1 Å². The Bertz CT molecular complexity index is 401. The molecule has 1 rings (SSSR count). The van der Waals surface area contributed by atoms with Crippen LogP contribution in [0.2, 0.25) is 0 Å². The normalized spacial score (nSPS) is 13.3. The number of alkyl halides is 4. The molecule has 0 saturated heterocycles. The summed E-state index contributed by atoms with van der Waals surface area (Å²) in [7, 11) is 0. The first-order valence-electron chi connectivity index (χ1n) is 5.28. The molecule has 1 unspecified atom stereocenters. The molecule has 0 radical (unpaired) electrons. The Morgan fingerprint density at radius 3 is 2.22 bits per heavy atom. The Hall–Kier alpha value is -1.04. The van der Waals surface area contributed by atoms with Gasteiger partial charge in [0.25, 0.3) is 0 Å². The number of rotatable bonds is 5. The van der Waals surface area contributed by atoms with Crippen molar-refractivity contribution < 1.29 is 23.1 Å². The van der Waals surface area contributed by atoms with E-state index in [4.69, 9.17) is 5.11 Å². The van der Waals surface area contributed by atoms with E-state index in [0.29, 0.717) is 10.9 Å². The molecule has 0 saturated carbocycles. The number of hydrogen-bond acceptors (Lipinski definition) is 1. The molecule has 1 atom stereocenters. The second-order valence-corrected chi connectivity index (χ2v) is 4.48. The molecular weight excluding hydrogens is 313 g/mol. The summed E-state index contributed by atoms with van der Waals surface area (Å²) >= 11 is 3.24. The molecule has 0 amide bonds. The lowest BCUT2D eigenvalue weighted by Gasteiger charge is -2.14. The molecular formula is C12H12BrF3O2. The first-order chi connectivity index (χ1) is 8.33. The number of hydrogen-bond donors (Lipinski definition) is 1. The third kappa shape index (κ3) is 4.68. The number of carbonyl (C=O) groups is 1. The predicted molar refractivity (Wildman–Crippen MR) is 64.7 cm³/mol. The van der Waals surface area contributed by atoms with Gasteiger partial charge in [0.2, 0.25) is 0 Å². The Morgan fingerprint density at radius 2 is 1.83 bits per heavy atom. The molecule has 18 heavy (non-hydrogen) atoms. The van der Waals surface area contributed by atoms with E-state index in [1.165, 1.54) is 0 Å². The lowest BCUT2D eigenvalue weighted by atomic mass is 9.93. The molecule has 0 heterocycles. The summed E-state index contributed by atoms with van der Waals surface area (Å²) in [4.78, 5) is 11.0. The summed E-state index contributed by atoms with van der Waals surface area (Å²) < 4.78 is 36.3. The van der Waals surface area contributed by atoms with Gasteiger partial charge in [-0.1, -0.05) is 40.2 Å². The fraction of sp³-hybridized carbons (Fsp3) is 0.417. The molecule has 0 bridgehead atoms. The van der Waals surface area contributed by atoms with E-state index in [1.807, 2.05) is 0 Å². The first kappa shape index (κ1) is 15.0. The highest BCUT2D eigenvalue weighted by molar-refractivity contribution is 9.08. The Balaban J connectivity index is 2.80. The van der Waals surface area contributed by atoms with E-state index in [-0.39, 0.29) is 0 Å². The van der Waals surface area contributed by atoms with Crippen molar-refractivity contribution in [3.05, 3.63) is 35.4 Å². The average molecular weight is 325 g/mol. The van der Waals surface area contributed by atoms with Crippen LogP contribution in [0.5, 0.6) is 0 Å². The molecule has 0 aliphatic carbocycles. The van der Waals surface area contributed by atoms with Crippen LogP contribution in [0.1, 0.15) is 29.9 Å². The predicted octanol–water partition coefficient (Wildman–Crippen LogP) is 4.09. The zero-order valence-electron chi connectivity index (χ0n) is 9.38. The van der Waals surface area contributed by atoms with Gasteiger partial charge < -0.3 is 5.11 Å². The number of carboxylic acid groups (broad SMARTS) is 1. The van der Waals surface area contributed by atoms with Crippen molar-refractivity contribution >= 4 is 21.9 Å². The minimum atomic E-state index is -4.33. The zero-order chi connectivity index (χ0) is 13.8. The number of benzene rings is 1. The summed E-state index contributed by atoms with van der Waals surface area (Å²) in [5.74, 6) is -2.35. The summed E-state index contributed by atoms with van der Waals surface area (Å²) in [6.45, 7) is 0. The van der Waals surface area contributed by atoms with Crippen molar-refractivity contribution in [1.29, 1.82) is 0 Å². The second kappa shape index (κ2) is 6.22. The highest BCUT2D eigenvalue weighted by atomic mass is 79.9. The van der Waals surface area contributed by atoms with Crippen LogP contribution in [0.25, 0.3) is 0 Å². The molecule has 0 aliphatic rings. The van der Waals surface area contributed by atoms with Crippen LogP contribution in [0.3, 0.4) is 0 Å². The smallest absolute Gasteiger partial charge is 0.389 e. The van der Waals surface area contributed by atoms with Crippen LogP contribution in [0.15, 0.2) is 24.3 Å². The van der Waals surface area contributed by atoms with Gasteiger partial charge in [-0.2, -0.15) is 13.2 Å². The quantitative estimate of drug-likeness (QED) is 0.828. The highest BCUT2D eigenvalue weighted by Gasteiger charge is 2.31. The second-order valence-electron chi connectivity index (χ2n) is 3.92. The van der Waals surface area contributed by atoms with Gasteiger partial charge in [0.05, 0.1) is 5.92 Å². The van der Waals surface area contributed by atoms with Gasteiger partial charge in [-0.05, 0) is 17.5 Å². The third-order valence-corrected chi connectivity index (χ3v) is 3.20. The van der Waals surface area contributed by atoms with Crippen LogP contribution in [-0.4, -0.2) is 17.3 Å². The van der Waals surface area contributed by atoms with Crippen LogP contribution in [0.4, 0.5) is 13.2 Å². The van der Waals surface area contributed by atoms with Crippen molar-refractivity contribution in [3.63, 3.8) is 0 Å². The van der Waals surface area contributed by atoms with Gasteiger partial charge in [-0.25, -0.2) is 0 Å². The molecule has 1 N–H and O–H groups in total. The monoisotopic (exact) mass is 324 g/mol. The molecule has 6 heteroatoms. The fourth-order valence-electron chi connectivity index (χ4n) is 1.58. The van der Waals surface area contributed by atoms with Gasteiger partial charge in [0, 0.05) is 11.8 Å². The van der Waals surface area contributed by atoms with Crippen molar-refractivity contribution in [1.82, 2.24) is 0 Å². The molecule has 2 nitrogen and oxygen atoms in total. The fourth-order valence-corrected chi connectivity index (χ4v) is 1.95. The Kier molecular flexibility index (Phi) is 5.19. The van der Waals surface area contributed by atoms with Gasteiger partial charge in [-0.15, -0.1) is 0 Å². The molecule has 0 aromatic heterocycles. The number of halogens is 4. The lowest BCUT2D eigenvalue weighted by molar-refractivity contribution is -0.145. The largest absolute Gasteiger partial charge is 0.481 e. The maximum absolute atomic E-state index is 12.1. The summed E-state index contributed by atoms with van der Waals surface area (Å²) in [5, 5.41) is 9.59. The Morgan fingerprint density at radius 1 is 1.28 bits per heavy atom. The molecule has 0 fully saturated rings. The van der Waals surface area contributed by atoms with E-state index in [0.717, 1.165) is 5.56 Å². The van der Waals surface area contributed by atoms with E-state index in [1.54, 1.807) is 24.3 Å². The molecule has 0 spiro atoms. The standard InChI is InChI=1S/C12H12BrF3O2/c13-7-8-1-3-9(4-2-8)10(11(17)18)5-6-12(14,15)16/h1-4,10H,5-7H2,(H,17,18). The third-order valence-electron chi connectivity index (χ3n) is 2.55. The van der Waals surface area contributed by atoms with Crippen molar-refractivity contribution in [2.75, 3.05) is 0 Å². The molecule has 1 aromatic rings. The van der Waals surface area contributed by atoms with Gasteiger partial charge in [0.15, 0.2) is 0 Å². The minimum Gasteiger partial charge on any atom is -0.481 e. The van der Waals surface area contributed by atoms with Crippen molar-refractivity contribution in [2.24, 2.45) is 0 Å². The summed E-state index contributed by atoms with van der Waals surface area (Å²) in [6.07, 6.45) is -5.86. The maximum Gasteiger partial charge on any atom is 0.389 e. The summed E-state index contributed by atoms with van der Waals surface area (Å²) in [6, 6.07) is 6.53. The minimum absolute atomic E-state index is 0.399. The van der Waals surface area contributed by atoms with E-state index in [9.17, 15) is 18.0 Å². The van der Waals surface area contributed by atoms with Gasteiger partial charge >= 0.3 is 12.1 Å². The van der Waals surface area contributed by atoms with E-state index < -0.39 is 30.9 Å². The van der Waals surface area contributed by atoms with Crippen molar-refractivity contribution in [2.45, 2.75) is 30.3 Å². The van der Waals surface area contributed by atoms with Crippen LogP contribution in [0, 0.1) is 0 Å². The zero-order valence-corrected chi connectivity index (χ0v) is 11.0. The highest BCUT2D eigenvalue weighted by Crippen LogP contribution is 2.29. The van der Waals surface area contributed by atoms with Crippen LogP contribution >= 0.6 is 15.9 Å².